The van der Waals surface area contributed by atoms with Crippen molar-refractivity contribution in [2.24, 2.45) is 5.92 Å². The molecular weight excluding hydrogens is 276 g/mol. The number of hydrogen-bond donors (Lipinski definition) is 0. The second kappa shape index (κ2) is 9.24. The molecule has 1 fully saturated rings. The number of allylic oxidation sites excluding steroid dienone is 2. The summed E-state index contributed by atoms with van der Waals surface area (Å²) in [5.74, 6) is 0.540. The number of rotatable bonds is 8. The molecule has 1 rings (SSSR count). The van der Waals surface area contributed by atoms with E-state index in [0.717, 1.165) is 18.1 Å². The Kier molecular flexibility index (Phi) is 8.01. The molecule has 0 bridgehead atoms. The van der Waals surface area contributed by atoms with Gasteiger partial charge in [-0.05, 0) is 43.3 Å². The van der Waals surface area contributed by atoms with Gasteiger partial charge in [0.25, 0.3) is 8.32 Å². The highest BCUT2D eigenvalue weighted by Crippen LogP contribution is 2.26. The summed E-state index contributed by atoms with van der Waals surface area (Å²) in [5, 5.41) is 0. The van der Waals surface area contributed by atoms with Crippen LogP contribution in [0.15, 0.2) is 24.3 Å². The predicted molar refractivity (Wildman–Crippen MR) is 92.8 cm³/mol. The van der Waals surface area contributed by atoms with Crippen LogP contribution in [0.4, 0.5) is 0 Å². The molecule has 1 saturated carbocycles. The molecule has 0 aromatic carbocycles. The van der Waals surface area contributed by atoms with E-state index < -0.39 is 8.32 Å². The summed E-state index contributed by atoms with van der Waals surface area (Å²) in [5.41, 5.74) is 0.606. The molecule has 1 aliphatic carbocycles. The molecule has 2 nitrogen and oxygen atoms in total. The lowest BCUT2D eigenvalue weighted by molar-refractivity contribution is -0.131. The highest BCUT2D eigenvalue weighted by molar-refractivity contribution is 6.75. The minimum atomic E-state index is -1.85. The van der Waals surface area contributed by atoms with Crippen LogP contribution in [0.3, 0.4) is 0 Å². The molecular formula is C18H32O2Si. The second-order valence-corrected chi connectivity index (χ2v) is 11.0. The largest absolute Gasteiger partial charge is 0.516 e. The minimum Gasteiger partial charge on any atom is -0.516 e. The van der Waals surface area contributed by atoms with Crippen molar-refractivity contribution < 1.29 is 9.22 Å². The lowest BCUT2D eigenvalue weighted by atomic mass is 9.89. The van der Waals surface area contributed by atoms with Gasteiger partial charge in [0.1, 0.15) is 0 Å². The topological polar surface area (TPSA) is 26.3 Å². The molecule has 0 saturated heterocycles. The smallest absolute Gasteiger partial charge is 0.320 e. The molecule has 0 aliphatic heterocycles. The first-order chi connectivity index (χ1) is 10.1. The molecule has 0 radical (unpaired) electrons. The summed E-state index contributed by atoms with van der Waals surface area (Å²) in [6.07, 6.45) is 11.7. The third-order valence-electron chi connectivity index (χ3n) is 4.95. The maximum absolute atomic E-state index is 12.2. The lowest BCUT2D eigenvalue weighted by Gasteiger charge is -2.27. The van der Waals surface area contributed by atoms with Crippen molar-refractivity contribution in [3.8, 4) is 0 Å². The van der Waals surface area contributed by atoms with E-state index >= 15 is 0 Å². The van der Waals surface area contributed by atoms with Crippen molar-refractivity contribution in [1.82, 2.24) is 0 Å². The monoisotopic (exact) mass is 308 g/mol. The van der Waals surface area contributed by atoms with Crippen LogP contribution in [0.2, 0.25) is 18.1 Å². The van der Waals surface area contributed by atoms with Crippen LogP contribution in [0, 0.1) is 5.92 Å². The molecule has 0 atom stereocenters. The van der Waals surface area contributed by atoms with Gasteiger partial charge >= 0.3 is 5.97 Å². The van der Waals surface area contributed by atoms with Gasteiger partial charge in [0, 0.05) is 5.57 Å². The first-order valence-electron chi connectivity index (χ1n) is 8.64. The fourth-order valence-electron chi connectivity index (χ4n) is 3.05. The molecule has 0 spiro atoms. The normalized spacial score (nSPS) is 17.1. The highest BCUT2D eigenvalue weighted by atomic mass is 28.4. The van der Waals surface area contributed by atoms with E-state index in [0.29, 0.717) is 17.9 Å². The average Bonchev–Trinajstić information content (AvgIpc) is 2.53. The highest BCUT2D eigenvalue weighted by Gasteiger charge is 2.33. The second-order valence-electron chi connectivity index (χ2n) is 6.27. The zero-order valence-electron chi connectivity index (χ0n) is 14.1. The quantitative estimate of drug-likeness (QED) is 0.330. The van der Waals surface area contributed by atoms with E-state index in [1.54, 1.807) is 0 Å². The molecule has 0 amide bonds. The Hall–Kier alpha value is -0.833. The van der Waals surface area contributed by atoms with Gasteiger partial charge in [-0.1, -0.05) is 58.8 Å². The van der Waals surface area contributed by atoms with Crippen molar-refractivity contribution in [1.29, 1.82) is 0 Å². The molecule has 21 heavy (non-hydrogen) atoms. The van der Waals surface area contributed by atoms with E-state index in [1.165, 1.54) is 32.1 Å². The van der Waals surface area contributed by atoms with Gasteiger partial charge < -0.3 is 4.43 Å². The Morgan fingerprint density at radius 2 is 1.71 bits per heavy atom. The van der Waals surface area contributed by atoms with Gasteiger partial charge in [0.2, 0.25) is 0 Å². The predicted octanol–water partition coefficient (Wildman–Crippen LogP) is 5.62. The molecule has 0 unspecified atom stereocenters. The van der Waals surface area contributed by atoms with Crippen molar-refractivity contribution in [2.45, 2.75) is 77.4 Å². The maximum Gasteiger partial charge on any atom is 0.320 e. The van der Waals surface area contributed by atoms with Crippen molar-refractivity contribution in [3.63, 3.8) is 0 Å². The number of carbonyl (C=O) groups is 1. The third kappa shape index (κ3) is 5.81. The maximum atomic E-state index is 12.2. The summed E-state index contributed by atoms with van der Waals surface area (Å²) < 4.78 is 5.86. The van der Waals surface area contributed by atoms with Crippen LogP contribution in [0.25, 0.3) is 0 Å². The number of carbonyl (C=O) groups excluding carboxylic acids is 1. The zero-order valence-corrected chi connectivity index (χ0v) is 15.1. The minimum absolute atomic E-state index is 0.166. The standard InChI is InChI=1S/C18H32O2Si/c1-5-21(6-2,7-3)20-18(19)16(4)12-11-15-17-13-9-8-10-14-17/h11,15,17H,4-10,12-14H2,1-3H3/b15-11+. The molecule has 1 aliphatic rings. The molecule has 0 N–H and O–H groups in total. The Bertz CT molecular complexity index is 355. The van der Waals surface area contributed by atoms with Gasteiger partial charge in [-0.15, -0.1) is 0 Å². The summed E-state index contributed by atoms with van der Waals surface area (Å²) >= 11 is 0. The van der Waals surface area contributed by atoms with Gasteiger partial charge in [0.05, 0.1) is 0 Å². The van der Waals surface area contributed by atoms with Crippen LogP contribution in [0.1, 0.15) is 59.3 Å². The van der Waals surface area contributed by atoms with Crippen LogP contribution in [0.5, 0.6) is 0 Å². The summed E-state index contributed by atoms with van der Waals surface area (Å²) in [7, 11) is -1.85. The molecule has 0 aromatic rings. The van der Waals surface area contributed by atoms with Gasteiger partial charge in [-0.2, -0.15) is 0 Å². The van der Waals surface area contributed by atoms with E-state index in [9.17, 15) is 4.79 Å². The Labute approximate surface area is 131 Å². The SMILES string of the molecule is C=C(C/C=C/C1CCCCC1)C(=O)O[Si](CC)(CC)CC. The van der Waals surface area contributed by atoms with E-state index in [-0.39, 0.29) is 5.97 Å². The summed E-state index contributed by atoms with van der Waals surface area (Å²) in [4.78, 5) is 12.2. The van der Waals surface area contributed by atoms with Gasteiger partial charge in [-0.3, -0.25) is 0 Å². The van der Waals surface area contributed by atoms with E-state index in [1.807, 2.05) is 0 Å². The molecule has 0 heterocycles. The van der Waals surface area contributed by atoms with Gasteiger partial charge in [0.15, 0.2) is 0 Å². The van der Waals surface area contributed by atoms with Crippen molar-refractivity contribution in [2.75, 3.05) is 0 Å². The Morgan fingerprint density at radius 1 is 1.14 bits per heavy atom. The van der Waals surface area contributed by atoms with Crippen molar-refractivity contribution >= 4 is 14.3 Å². The lowest BCUT2D eigenvalue weighted by Crippen LogP contribution is -2.38. The molecule has 3 heteroatoms. The van der Waals surface area contributed by atoms with Crippen LogP contribution in [-0.2, 0) is 9.22 Å². The zero-order chi connectivity index (χ0) is 15.7. The van der Waals surface area contributed by atoms with Crippen LogP contribution >= 0.6 is 0 Å². The van der Waals surface area contributed by atoms with E-state index in [4.69, 9.17) is 4.43 Å². The van der Waals surface area contributed by atoms with E-state index in [2.05, 4.69) is 39.5 Å². The van der Waals surface area contributed by atoms with Crippen LogP contribution < -0.4 is 0 Å². The Morgan fingerprint density at radius 3 is 2.24 bits per heavy atom. The third-order valence-corrected chi connectivity index (χ3v) is 9.44. The first kappa shape index (κ1) is 18.2. The van der Waals surface area contributed by atoms with Gasteiger partial charge in [-0.25, -0.2) is 4.79 Å². The summed E-state index contributed by atoms with van der Waals surface area (Å²) in [6.45, 7) is 10.3. The first-order valence-corrected chi connectivity index (χ1v) is 11.2. The number of hydrogen-bond acceptors (Lipinski definition) is 2. The Balaban J connectivity index is 2.43. The summed E-state index contributed by atoms with van der Waals surface area (Å²) in [6, 6.07) is 2.99. The average molecular weight is 309 g/mol. The molecule has 120 valence electrons. The fraction of sp³-hybridized carbons (Fsp3) is 0.722. The van der Waals surface area contributed by atoms with Crippen LogP contribution in [-0.4, -0.2) is 14.3 Å². The van der Waals surface area contributed by atoms with Crippen molar-refractivity contribution in [3.05, 3.63) is 24.3 Å². The fourth-order valence-corrected chi connectivity index (χ4v) is 5.52. The molecule has 0 aromatic heterocycles.